The summed E-state index contributed by atoms with van der Waals surface area (Å²) in [6.45, 7) is 6.28. The van der Waals surface area contributed by atoms with Crippen molar-refractivity contribution in [1.82, 2.24) is 9.38 Å². The average molecular weight is 210 g/mol. The van der Waals surface area contributed by atoms with Crippen LogP contribution in [-0.2, 0) is 0 Å². The summed E-state index contributed by atoms with van der Waals surface area (Å²) in [7, 11) is 0. The molecule has 3 aromatic rings. The van der Waals surface area contributed by atoms with Gasteiger partial charge in [-0.1, -0.05) is 18.2 Å². The van der Waals surface area contributed by atoms with Crippen molar-refractivity contribution in [2.75, 3.05) is 0 Å². The lowest BCUT2D eigenvalue weighted by Gasteiger charge is -2.02. The minimum absolute atomic E-state index is 1.06. The van der Waals surface area contributed by atoms with Crippen LogP contribution in [0.4, 0.5) is 0 Å². The normalized spacial score (nSPS) is 11.4. The highest BCUT2D eigenvalue weighted by atomic mass is 14.9. The summed E-state index contributed by atoms with van der Waals surface area (Å²) in [5.41, 5.74) is 6.00. The lowest BCUT2D eigenvalue weighted by molar-refractivity contribution is 1.05. The smallest absolute Gasteiger partial charge is 0.0705 e. The molecule has 0 unspecified atom stereocenters. The summed E-state index contributed by atoms with van der Waals surface area (Å²) >= 11 is 0. The fourth-order valence-corrected chi connectivity index (χ4v) is 2.54. The monoisotopic (exact) mass is 210 g/mol. The summed E-state index contributed by atoms with van der Waals surface area (Å²) in [5, 5.41) is 1.32. The third kappa shape index (κ3) is 1.10. The number of rotatable bonds is 0. The molecule has 0 atom stereocenters. The van der Waals surface area contributed by atoms with E-state index in [9.17, 15) is 0 Å². The summed E-state index contributed by atoms with van der Waals surface area (Å²) in [6, 6.07) is 8.50. The molecular formula is C14H14N2. The average Bonchev–Trinajstić information content (AvgIpc) is 2.54. The maximum atomic E-state index is 4.54. The van der Waals surface area contributed by atoms with Crippen molar-refractivity contribution in [1.29, 1.82) is 0 Å². The number of hydrogen-bond donors (Lipinski definition) is 0. The van der Waals surface area contributed by atoms with Crippen LogP contribution in [0, 0.1) is 20.8 Å². The number of benzene rings is 1. The molecule has 0 aliphatic rings. The van der Waals surface area contributed by atoms with E-state index < -0.39 is 0 Å². The van der Waals surface area contributed by atoms with Gasteiger partial charge in [0.2, 0.25) is 0 Å². The summed E-state index contributed by atoms with van der Waals surface area (Å²) in [6.07, 6.45) is 2.11. The molecule has 0 radical (unpaired) electrons. The van der Waals surface area contributed by atoms with Gasteiger partial charge in [-0.3, -0.25) is 4.98 Å². The molecule has 0 bridgehead atoms. The minimum Gasteiger partial charge on any atom is -0.313 e. The SMILES string of the molecule is Cc1cn2c(c(C)n1)c(C)c1ccccc12. The van der Waals surface area contributed by atoms with Gasteiger partial charge >= 0.3 is 0 Å². The minimum atomic E-state index is 1.06. The van der Waals surface area contributed by atoms with Crippen molar-refractivity contribution in [2.45, 2.75) is 20.8 Å². The van der Waals surface area contributed by atoms with Crippen LogP contribution in [0.15, 0.2) is 30.5 Å². The van der Waals surface area contributed by atoms with Crippen LogP contribution in [0.5, 0.6) is 0 Å². The Bertz CT molecular complexity index is 693. The van der Waals surface area contributed by atoms with Crippen LogP contribution < -0.4 is 0 Å². The molecule has 2 nitrogen and oxygen atoms in total. The number of fused-ring (bicyclic) bond motifs is 3. The number of aryl methyl sites for hydroxylation is 3. The zero-order valence-electron chi connectivity index (χ0n) is 9.78. The first-order chi connectivity index (χ1) is 7.68. The van der Waals surface area contributed by atoms with Crippen molar-refractivity contribution in [3.05, 3.63) is 47.4 Å². The van der Waals surface area contributed by atoms with Gasteiger partial charge in [0.15, 0.2) is 0 Å². The standard InChI is InChI=1S/C14H14N2/c1-9-8-16-13-7-5-4-6-12(13)10(2)14(16)11(3)15-9/h4-8H,1-3H3. The Kier molecular flexibility index (Phi) is 1.81. The van der Waals surface area contributed by atoms with Gasteiger partial charge in [0.05, 0.1) is 22.4 Å². The van der Waals surface area contributed by atoms with Crippen molar-refractivity contribution >= 4 is 16.4 Å². The summed E-state index contributed by atoms with van der Waals surface area (Å²) < 4.78 is 2.25. The predicted octanol–water partition coefficient (Wildman–Crippen LogP) is 3.41. The van der Waals surface area contributed by atoms with E-state index in [-0.39, 0.29) is 0 Å². The van der Waals surface area contributed by atoms with E-state index >= 15 is 0 Å². The van der Waals surface area contributed by atoms with E-state index in [1.807, 2.05) is 6.92 Å². The van der Waals surface area contributed by atoms with E-state index in [0.29, 0.717) is 0 Å². The quantitative estimate of drug-likeness (QED) is 0.555. The van der Waals surface area contributed by atoms with Gasteiger partial charge in [0.25, 0.3) is 0 Å². The van der Waals surface area contributed by atoms with Gasteiger partial charge in [-0.2, -0.15) is 0 Å². The second-order valence-electron chi connectivity index (χ2n) is 4.33. The van der Waals surface area contributed by atoms with Crippen LogP contribution in [0.25, 0.3) is 16.4 Å². The molecule has 0 spiro atoms. The largest absolute Gasteiger partial charge is 0.313 e. The first-order valence-electron chi connectivity index (χ1n) is 5.52. The lowest BCUT2D eigenvalue weighted by Crippen LogP contribution is -1.94. The molecule has 0 amide bonds. The molecular weight excluding hydrogens is 196 g/mol. The molecule has 0 saturated heterocycles. The molecule has 1 aromatic carbocycles. The highest BCUT2D eigenvalue weighted by molar-refractivity contribution is 5.92. The topological polar surface area (TPSA) is 17.3 Å². The van der Waals surface area contributed by atoms with Gasteiger partial charge in [0, 0.05) is 11.6 Å². The maximum Gasteiger partial charge on any atom is 0.0705 e. The number of hydrogen-bond acceptors (Lipinski definition) is 1. The Morgan fingerprint density at radius 2 is 1.81 bits per heavy atom. The Morgan fingerprint density at radius 3 is 2.62 bits per heavy atom. The Hall–Kier alpha value is -1.83. The van der Waals surface area contributed by atoms with Gasteiger partial charge < -0.3 is 4.40 Å². The number of para-hydroxylation sites is 1. The number of nitrogens with zero attached hydrogens (tertiary/aromatic N) is 2. The molecule has 0 saturated carbocycles. The third-order valence-electron chi connectivity index (χ3n) is 3.17. The highest BCUT2D eigenvalue weighted by Crippen LogP contribution is 2.27. The fourth-order valence-electron chi connectivity index (χ4n) is 2.54. The zero-order valence-corrected chi connectivity index (χ0v) is 9.78. The van der Waals surface area contributed by atoms with Crippen molar-refractivity contribution in [3.8, 4) is 0 Å². The first-order valence-corrected chi connectivity index (χ1v) is 5.52. The third-order valence-corrected chi connectivity index (χ3v) is 3.17. The van der Waals surface area contributed by atoms with E-state index in [1.54, 1.807) is 0 Å². The lowest BCUT2D eigenvalue weighted by atomic mass is 10.1. The van der Waals surface area contributed by atoms with E-state index in [0.717, 1.165) is 11.4 Å². The van der Waals surface area contributed by atoms with Crippen LogP contribution in [0.2, 0.25) is 0 Å². The second kappa shape index (κ2) is 3.08. The molecule has 2 aromatic heterocycles. The molecule has 0 N–H and O–H groups in total. The first kappa shape index (κ1) is 9.40. The Morgan fingerprint density at radius 1 is 1.06 bits per heavy atom. The Labute approximate surface area is 94.5 Å². The summed E-state index contributed by atoms with van der Waals surface area (Å²) in [5.74, 6) is 0. The van der Waals surface area contributed by atoms with E-state index in [1.165, 1.54) is 22.0 Å². The number of aromatic nitrogens is 2. The molecule has 2 heteroatoms. The van der Waals surface area contributed by atoms with Gasteiger partial charge in [-0.15, -0.1) is 0 Å². The van der Waals surface area contributed by atoms with Crippen molar-refractivity contribution < 1.29 is 0 Å². The molecule has 2 heterocycles. The molecule has 0 aliphatic carbocycles. The molecule has 0 aliphatic heterocycles. The van der Waals surface area contributed by atoms with Crippen LogP contribution in [-0.4, -0.2) is 9.38 Å². The van der Waals surface area contributed by atoms with E-state index in [2.05, 4.69) is 53.7 Å². The predicted molar refractivity (Wildman–Crippen MR) is 66.9 cm³/mol. The summed E-state index contributed by atoms with van der Waals surface area (Å²) in [4.78, 5) is 4.54. The Balaban J connectivity index is 2.67. The molecule has 3 rings (SSSR count). The van der Waals surface area contributed by atoms with Crippen LogP contribution >= 0.6 is 0 Å². The van der Waals surface area contributed by atoms with Crippen molar-refractivity contribution in [3.63, 3.8) is 0 Å². The molecule has 16 heavy (non-hydrogen) atoms. The zero-order chi connectivity index (χ0) is 11.3. The van der Waals surface area contributed by atoms with E-state index in [4.69, 9.17) is 0 Å². The van der Waals surface area contributed by atoms with Gasteiger partial charge in [-0.25, -0.2) is 0 Å². The molecule has 0 fully saturated rings. The van der Waals surface area contributed by atoms with Gasteiger partial charge in [0.1, 0.15) is 0 Å². The maximum absolute atomic E-state index is 4.54. The van der Waals surface area contributed by atoms with Crippen LogP contribution in [0.1, 0.15) is 17.0 Å². The highest BCUT2D eigenvalue weighted by Gasteiger charge is 2.10. The van der Waals surface area contributed by atoms with Gasteiger partial charge in [-0.05, 0) is 32.4 Å². The van der Waals surface area contributed by atoms with Crippen LogP contribution in [0.3, 0.4) is 0 Å². The molecule has 80 valence electrons. The van der Waals surface area contributed by atoms with Crippen molar-refractivity contribution in [2.24, 2.45) is 0 Å². The second-order valence-corrected chi connectivity index (χ2v) is 4.33. The fraction of sp³-hybridized carbons (Fsp3) is 0.214.